The number of carbonyl (C=O) groups is 3. The first-order chi connectivity index (χ1) is 12.0. The zero-order valence-electron chi connectivity index (χ0n) is 14.8. The maximum absolute atomic E-state index is 13.0. The van der Waals surface area contributed by atoms with E-state index < -0.39 is 6.04 Å². The Hall–Kier alpha value is -2.37. The van der Waals surface area contributed by atoms with Crippen molar-refractivity contribution < 1.29 is 14.4 Å². The fourth-order valence-electron chi connectivity index (χ4n) is 3.47. The van der Waals surface area contributed by atoms with E-state index in [1.54, 1.807) is 29.2 Å². The molecule has 0 spiro atoms. The third kappa shape index (κ3) is 3.52. The summed E-state index contributed by atoms with van der Waals surface area (Å²) in [6, 6.07) is 6.60. The van der Waals surface area contributed by atoms with E-state index in [0.717, 1.165) is 12.8 Å². The SMILES string of the molecule is CC(C)CCNC(=O)CN1C(=O)C2CCCN2C(=O)c2ccccc21. The van der Waals surface area contributed by atoms with Gasteiger partial charge in [-0.05, 0) is 37.3 Å². The Labute approximate surface area is 148 Å². The van der Waals surface area contributed by atoms with E-state index >= 15 is 0 Å². The second-order valence-electron chi connectivity index (χ2n) is 7.13. The van der Waals surface area contributed by atoms with Crippen LogP contribution in [-0.2, 0) is 9.59 Å². The zero-order chi connectivity index (χ0) is 18.0. The number of anilines is 1. The quantitative estimate of drug-likeness (QED) is 0.886. The van der Waals surface area contributed by atoms with Crippen molar-refractivity contribution in [2.45, 2.75) is 39.2 Å². The van der Waals surface area contributed by atoms with Gasteiger partial charge in [0, 0.05) is 13.1 Å². The Morgan fingerprint density at radius 1 is 1.28 bits per heavy atom. The van der Waals surface area contributed by atoms with Crippen molar-refractivity contribution in [3.8, 4) is 0 Å². The number of fused-ring (bicyclic) bond motifs is 2. The molecule has 1 aromatic carbocycles. The average Bonchev–Trinajstić information content (AvgIpc) is 3.05. The number of para-hydroxylation sites is 1. The summed E-state index contributed by atoms with van der Waals surface area (Å²) in [5.41, 5.74) is 1.03. The normalized spacial score (nSPS) is 19.7. The van der Waals surface area contributed by atoms with Crippen molar-refractivity contribution in [1.29, 1.82) is 0 Å². The van der Waals surface area contributed by atoms with Crippen LogP contribution < -0.4 is 10.2 Å². The van der Waals surface area contributed by atoms with Gasteiger partial charge in [-0.25, -0.2) is 0 Å². The highest BCUT2D eigenvalue weighted by molar-refractivity contribution is 6.12. The van der Waals surface area contributed by atoms with E-state index in [9.17, 15) is 14.4 Å². The Kier molecular flexibility index (Phi) is 5.06. The summed E-state index contributed by atoms with van der Waals surface area (Å²) in [7, 11) is 0. The van der Waals surface area contributed by atoms with Gasteiger partial charge in [0.25, 0.3) is 5.91 Å². The first-order valence-electron chi connectivity index (χ1n) is 8.97. The van der Waals surface area contributed by atoms with Gasteiger partial charge in [-0.3, -0.25) is 14.4 Å². The fourth-order valence-corrected chi connectivity index (χ4v) is 3.47. The smallest absolute Gasteiger partial charge is 0.256 e. The maximum Gasteiger partial charge on any atom is 0.256 e. The van der Waals surface area contributed by atoms with Crippen LogP contribution in [0.3, 0.4) is 0 Å². The van der Waals surface area contributed by atoms with Crippen LogP contribution in [0.1, 0.15) is 43.5 Å². The third-order valence-electron chi connectivity index (χ3n) is 4.84. The topological polar surface area (TPSA) is 69.7 Å². The molecule has 1 fully saturated rings. The molecule has 0 saturated carbocycles. The predicted molar refractivity (Wildman–Crippen MR) is 95.3 cm³/mol. The van der Waals surface area contributed by atoms with Crippen molar-refractivity contribution in [3.63, 3.8) is 0 Å². The number of nitrogens with one attached hydrogen (secondary N) is 1. The van der Waals surface area contributed by atoms with Crippen LogP contribution in [0.4, 0.5) is 5.69 Å². The van der Waals surface area contributed by atoms with Gasteiger partial charge in [0.15, 0.2) is 0 Å². The standard InChI is InChI=1S/C19H25N3O3/c1-13(2)9-10-20-17(23)12-22-15-7-4-3-6-14(15)18(24)21-11-5-8-16(21)19(22)25/h3-4,6-7,13,16H,5,8-12H2,1-2H3,(H,20,23). The second-order valence-corrected chi connectivity index (χ2v) is 7.13. The van der Waals surface area contributed by atoms with E-state index in [1.807, 2.05) is 0 Å². The van der Waals surface area contributed by atoms with Crippen LogP contribution in [0.15, 0.2) is 24.3 Å². The Bertz CT molecular complexity index is 686. The molecule has 1 N–H and O–H groups in total. The van der Waals surface area contributed by atoms with E-state index in [2.05, 4.69) is 19.2 Å². The summed E-state index contributed by atoms with van der Waals surface area (Å²) in [4.78, 5) is 41.3. The lowest BCUT2D eigenvalue weighted by atomic mass is 10.1. The van der Waals surface area contributed by atoms with Gasteiger partial charge in [0.05, 0.1) is 11.3 Å². The van der Waals surface area contributed by atoms with Crippen LogP contribution in [0.2, 0.25) is 0 Å². The molecular formula is C19H25N3O3. The van der Waals surface area contributed by atoms with Gasteiger partial charge in [-0.15, -0.1) is 0 Å². The molecule has 0 radical (unpaired) electrons. The molecule has 3 rings (SSSR count). The van der Waals surface area contributed by atoms with Crippen molar-refractivity contribution >= 4 is 23.4 Å². The highest BCUT2D eigenvalue weighted by atomic mass is 16.2. The number of benzene rings is 1. The monoisotopic (exact) mass is 343 g/mol. The largest absolute Gasteiger partial charge is 0.355 e. The summed E-state index contributed by atoms with van der Waals surface area (Å²) >= 11 is 0. The molecule has 1 unspecified atom stereocenters. The first kappa shape index (κ1) is 17.5. The van der Waals surface area contributed by atoms with Crippen molar-refractivity contribution in [2.24, 2.45) is 5.92 Å². The molecule has 1 aromatic rings. The summed E-state index contributed by atoms with van der Waals surface area (Å²) in [6.07, 6.45) is 2.37. The molecule has 2 aliphatic rings. The van der Waals surface area contributed by atoms with Gasteiger partial charge < -0.3 is 15.1 Å². The van der Waals surface area contributed by atoms with E-state index in [4.69, 9.17) is 0 Å². The molecule has 0 aromatic heterocycles. The second kappa shape index (κ2) is 7.25. The zero-order valence-corrected chi connectivity index (χ0v) is 14.8. The molecule has 3 amide bonds. The molecule has 0 bridgehead atoms. The minimum absolute atomic E-state index is 0.0500. The van der Waals surface area contributed by atoms with Crippen molar-refractivity contribution in [1.82, 2.24) is 10.2 Å². The maximum atomic E-state index is 13.0. The molecule has 0 aliphatic carbocycles. The predicted octanol–water partition coefficient (Wildman–Crippen LogP) is 1.80. The van der Waals surface area contributed by atoms with Gasteiger partial charge >= 0.3 is 0 Å². The van der Waals surface area contributed by atoms with Crippen LogP contribution in [-0.4, -0.2) is 48.3 Å². The highest BCUT2D eigenvalue weighted by Crippen LogP contribution is 2.32. The van der Waals surface area contributed by atoms with E-state index in [0.29, 0.717) is 36.7 Å². The number of hydrogen-bond acceptors (Lipinski definition) is 3. The summed E-state index contributed by atoms with van der Waals surface area (Å²) in [6.45, 7) is 5.33. The van der Waals surface area contributed by atoms with Gasteiger partial charge in [-0.2, -0.15) is 0 Å². The minimum atomic E-state index is -0.455. The van der Waals surface area contributed by atoms with Crippen molar-refractivity contribution in [2.75, 3.05) is 24.5 Å². The summed E-state index contributed by atoms with van der Waals surface area (Å²) in [5, 5.41) is 2.87. The number of hydrogen-bond donors (Lipinski definition) is 1. The highest BCUT2D eigenvalue weighted by Gasteiger charge is 2.42. The lowest BCUT2D eigenvalue weighted by Gasteiger charge is -2.25. The number of rotatable bonds is 5. The average molecular weight is 343 g/mol. The minimum Gasteiger partial charge on any atom is -0.355 e. The number of nitrogens with zero attached hydrogens (tertiary/aromatic N) is 2. The number of carbonyl (C=O) groups excluding carboxylic acids is 3. The lowest BCUT2D eigenvalue weighted by molar-refractivity contribution is -0.125. The Balaban J connectivity index is 1.83. The Morgan fingerprint density at radius 3 is 2.80 bits per heavy atom. The third-order valence-corrected chi connectivity index (χ3v) is 4.84. The molecule has 2 heterocycles. The lowest BCUT2D eigenvalue weighted by Crippen LogP contribution is -2.48. The van der Waals surface area contributed by atoms with Crippen LogP contribution >= 0.6 is 0 Å². The van der Waals surface area contributed by atoms with E-state index in [-0.39, 0.29) is 24.3 Å². The van der Waals surface area contributed by atoms with Crippen LogP contribution in [0.5, 0.6) is 0 Å². The first-order valence-corrected chi connectivity index (χ1v) is 8.97. The molecule has 6 nitrogen and oxygen atoms in total. The summed E-state index contributed by atoms with van der Waals surface area (Å²) in [5.74, 6) is 0.0391. The molecule has 25 heavy (non-hydrogen) atoms. The number of amides is 3. The van der Waals surface area contributed by atoms with Crippen LogP contribution in [0.25, 0.3) is 0 Å². The van der Waals surface area contributed by atoms with Gasteiger partial charge in [0.1, 0.15) is 12.6 Å². The molecule has 1 saturated heterocycles. The molecular weight excluding hydrogens is 318 g/mol. The molecule has 1 atom stereocenters. The van der Waals surface area contributed by atoms with E-state index in [1.165, 1.54) is 4.90 Å². The Morgan fingerprint density at radius 2 is 2.04 bits per heavy atom. The van der Waals surface area contributed by atoms with Gasteiger partial charge in [-0.1, -0.05) is 26.0 Å². The molecule has 2 aliphatic heterocycles. The van der Waals surface area contributed by atoms with Crippen molar-refractivity contribution in [3.05, 3.63) is 29.8 Å². The molecule has 134 valence electrons. The summed E-state index contributed by atoms with van der Waals surface area (Å²) < 4.78 is 0. The van der Waals surface area contributed by atoms with Crippen LogP contribution in [0, 0.1) is 5.92 Å². The molecule has 6 heteroatoms. The van der Waals surface area contributed by atoms with Gasteiger partial charge in [0.2, 0.25) is 11.8 Å². The fraction of sp³-hybridized carbons (Fsp3) is 0.526.